The number of benzene rings is 1. The number of rotatable bonds is 7. The summed E-state index contributed by atoms with van der Waals surface area (Å²) in [7, 11) is 0. The molecule has 18 heavy (non-hydrogen) atoms. The van der Waals surface area contributed by atoms with E-state index in [1.807, 2.05) is 5.01 Å². The number of nitrogens with zero attached hydrogens (tertiary/aromatic N) is 2. The lowest BCUT2D eigenvalue weighted by molar-refractivity contribution is 0.390. The standard InChI is InChI=1S/C15H21N3/c1-13(15-11-17-15)12-18(16-2)10-6-9-14-7-4-3-5-8-14/h3-5,7-8,12,15,17H,2,6,9-11H2,1H3/b13-12+. The Balaban J connectivity index is 1.77. The SMILES string of the molecule is C=NN(/C=C(\C)C1CN1)CCCc1ccccc1. The molecule has 0 amide bonds. The largest absolute Gasteiger partial charge is 0.307 e. The third-order valence-corrected chi connectivity index (χ3v) is 3.19. The minimum atomic E-state index is 0.559. The lowest BCUT2D eigenvalue weighted by Gasteiger charge is -2.14. The summed E-state index contributed by atoms with van der Waals surface area (Å²) in [5.74, 6) is 0. The number of aryl methyl sites for hydroxylation is 1. The van der Waals surface area contributed by atoms with E-state index in [4.69, 9.17) is 0 Å². The van der Waals surface area contributed by atoms with E-state index >= 15 is 0 Å². The molecule has 1 fully saturated rings. The molecule has 1 aliphatic heterocycles. The van der Waals surface area contributed by atoms with Gasteiger partial charge in [0, 0.05) is 32.0 Å². The topological polar surface area (TPSA) is 37.5 Å². The van der Waals surface area contributed by atoms with Crippen LogP contribution in [0.1, 0.15) is 18.9 Å². The van der Waals surface area contributed by atoms with Gasteiger partial charge in [0.25, 0.3) is 0 Å². The van der Waals surface area contributed by atoms with Crippen molar-refractivity contribution in [2.24, 2.45) is 5.10 Å². The van der Waals surface area contributed by atoms with Crippen molar-refractivity contribution in [3.05, 3.63) is 47.7 Å². The molecule has 0 aliphatic carbocycles. The number of hydrogen-bond donors (Lipinski definition) is 1. The third-order valence-electron chi connectivity index (χ3n) is 3.19. The van der Waals surface area contributed by atoms with Crippen molar-refractivity contribution in [1.82, 2.24) is 10.3 Å². The van der Waals surface area contributed by atoms with Crippen molar-refractivity contribution >= 4 is 6.72 Å². The van der Waals surface area contributed by atoms with Gasteiger partial charge < -0.3 is 5.32 Å². The summed E-state index contributed by atoms with van der Waals surface area (Å²) in [4.78, 5) is 0. The minimum absolute atomic E-state index is 0.559. The van der Waals surface area contributed by atoms with Crippen LogP contribution in [-0.4, -0.2) is 30.9 Å². The number of hydrogen-bond acceptors (Lipinski definition) is 3. The van der Waals surface area contributed by atoms with Crippen molar-refractivity contribution < 1.29 is 0 Å². The summed E-state index contributed by atoms with van der Waals surface area (Å²) in [5.41, 5.74) is 2.72. The fraction of sp³-hybridized carbons (Fsp3) is 0.400. The molecule has 0 bridgehead atoms. The molecule has 3 nitrogen and oxygen atoms in total. The van der Waals surface area contributed by atoms with Crippen molar-refractivity contribution in [3.8, 4) is 0 Å². The van der Waals surface area contributed by atoms with E-state index < -0.39 is 0 Å². The highest BCUT2D eigenvalue weighted by Gasteiger charge is 2.21. The lowest BCUT2D eigenvalue weighted by atomic mass is 10.1. The van der Waals surface area contributed by atoms with Crippen LogP contribution in [0, 0.1) is 0 Å². The molecule has 1 aromatic carbocycles. The highest BCUT2D eigenvalue weighted by atomic mass is 15.4. The maximum Gasteiger partial charge on any atom is 0.0421 e. The summed E-state index contributed by atoms with van der Waals surface area (Å²) in [6.07, 6.45) is 4.27. The fourth-order valence-electron chi connectivity index (χ4n) is 1.97. The minimum Gasteiger partial charge on any atom is -0.307 e. The lowest BCUT2D eigenvalue weighted by Crippen LogP contribution is -2.13. The van der Waals surface area contributed by atoms with Gasteiger partial charge in [-0.05, 0) is 30.9 Å². The van der Waals surface area contributed by atoms with Gasteiger partial charge in [-0.15, -0.1) is 0 Å². The summed E-state index contributed by atoms with van der Waals surface area (Å²) in [6.45, 7) is 7.78. The monoisotopic (exact) mass is 243 g/mol. The Bertz CT molecular complexity index is 407. The van der Waals surface area contributed by atoms with Gasteiger partial charge in [-0.1, -0.05) is 30.3 Å². The van der Waals surface area contributed by atoms with Crippen LogP contribution in [-0.2, 0) is 6.42 Å². The van der Waals surface area contributed by atoms with Gasteiger partial charge in [0.05, 0.1) is 0 Å². The summed E-state index contributed by atoms with van der Waals surface area (Å²) < 4.78 is 0. The molecule has 0 radical (unpaired) electrons. The van der Waals surface area contributed by atoms with Crippen LogP contribution in [0.4, 0.5) is 0 Å². The Labute approximate surface area is 109 Å². The summed E-state index contributed by atoms with van der Waals surface area (Å²) >= 11 is 0. The first kappa shape index (κ1) is 12.8. The average Bonchev–Trinajstić information content (AvgIpc) is 3.23. The average molecular weight is 243 g/mol. The van der Waals surface area contributed by atoms with Gasteiger partial charge in [0.1, 0.15) is 0 Å². The van der Waals surface area contributed by atoms with Gasteiger partial charge in [0.15, 0.2) is 0 Å². The van der Waals surface area contributed by atoms with E-state index in [1.54, 1.807) is 0 Å². The van der Waals surface area contributed by atoms with Crippen LogP contribution in [0.25, 0.3) is 0 Å². The molecule has 1 aliphatic rings. The summed E-state index contributed by atoms with van der Waals surface area (Å²) in [6, 6.07) is 11.1. The van der Waals surface area contributed by atoms with Crippen molar-refractivity contribution in [2.75, 3.05) is 13.1 Å². The van der Waals surface area contributed by atoms with Crippen LogP contribution in [0.5, 0.6) is 0 Å². The third kappa shape index (κ3) is 4.00. The van der Waals surface area contributed by atoms with Crippen LogP contribution in [0.2, 0.25) is 0 Å². The highest BCUT2D eigenvalue weighted by Crippen LogP contribution is 2.12. The van der Waals surface area contributed by atoms with Crippen molar-refractivity contribution in [2.45, 2.75) is 25.8 Å². The molecular weight excluding hydrogens is 222 g/mol. The van der Waals surface area contributed by atoms with E-state index in [1.165, 1.54) is 11.1 Å². The van der Waals surface area contributed by atoms with E-state index in [0.717, 1.165) is 25.9 Å². The van der Waals surface area contributed by atoms with E-state index in [9.17, 15) is 0 Å². The molecule has 1 heterocycles. The first-order chi connectivity index (χ1) is 8.79. The second-order valence-electron chi connectivity index (χ2n) is 4.73. The van der Waals surface area contributed by atoms with Crippen molar-refractivity contribution in [3.63, 3.8) is 0 Å². The zero-order chi connectivity index (χ0) is 12.8. The smallest absolute Gasteiger partial charge is 0.0421 e. The quantitative estimate of drug-likeness (QED) is 0.453. The number of nitrogens with one attached hydrogen (secondary N) is 1. The van der Waals surface area contributed by atoms with Crippen LogP contribution >= 0.6 is 0 Å². The van der Waals surface area contributed by atoms with E-state index in [2.05, 4.69) is 60.6 Å². The van der Waals surface area contributed by atoms with E-state index in [-0.39, 0.29) is 0 Å². The van der Waals surface area contributed by atoms with Gasteiger partial charge >= 0.3 is 0 Å². The highest BCUT2D eigenvalue weighted by molar-refractivity contribution is 5.23. The van der Waals surface area contributed by atoms with Crippen LogP contribution < -0.4 is 5.32 Å². The Morgan fingerprint density at radius 2 is 2.22 bits per heavy atom. The normalized spacial score (nSPS) is 18.5. The maximum absolute atomic E-state index is 4.05. The zero-order valence-electron chi connectivity index (χ0n) is 11.0. The van der Waals surface area contributed by atoms with Gasteiger partial charge in [0.2, 0.25) is 0 Å². The summed E-state index contributed by atoms with van der Waals surface area (Å²) in [5, 5.41) is 9.28. The molecule has 3 heteroatoms. The van der Waals surface area contributed by atoms with E-state index in [0.29, 0.717) is 6.04 Å². The van der Waals surface area contributed by atoms with Gasteiger partial charge in [-0.25, -0.2) is 0 Å². The molecule has 96 valence electrons. The molecule has 2 rings (SSSR count). The van der Waals surface area contributed by atoms with Gasteiger partial charge in [-0.3, -0.25) is 5.01 Å². The Hall–Kier alpha value is -1.61. The van der Waals surface area contributed by atoms with Crippen molar-refractivity contribution in [1.29, 1.82) is 0 Å². The molecular formula is C15H21N3. The van der Waals surface area contributed by atoms with Gasteiger partial charge in [-0.2, -0.15) is 5.10 Å². The molecule has 1 unspecified atom stereocenters. The Kier molecular flexibility index (Phi) is 4.53. The molecule has 0 spiro atoms. The second-order valence-corrected chi connectivity index (χ2v) is 4.73. The molecule has 0 aromatic heterocycles. The fourth-order valence-corrected chi connectivity index (χ4v) is 1.97. The molecule has 0 saturated carbocycles. The first-order valence-corrected chi connectivity index (χ1v) is 6.48. The zero-order valence-corrected chi connectivity index (χ0v) is 11.0. The van der Waals surface area contributed by atoms with Crippen LogP contribution in [0.3, 0.4) is 0 Å². The second kappa shape index (κ2) is 6.36. The molecule has 1 atom stereocenters. The Morgan fingerprint density at radius 1 is 1.50 bits per heavy atom. The maximum atomic E-state index is 4.05. The Morgan fingerprint density at radius 3 is 2.83 bits per heavy atom. The predicted octanol–water partition coefficient (Wildman–Crippen LogP) is 2.41. The van der Waals surface area contributed by atoms with Crippen LogP contribution in [0.15, 0.2) is 47.2 Å². The molecule has 1 N–H and O–H groups in total. The molecule has 1 saturated heterocycles. The first-order valence-electron chi connectivity index (χ1n) is 6.48. The predicted molar refractivity (Wildman–Crippen MR) is 76.6 cm³/mol. The number of hydrazone groups is 1. The molecule has 1 aromatic rings.